The summed E-state index contributed by atoms with van der Waals surface area (Å²) in [5, 5.41) is 2.60. The summed E-state index contributed by atoms with van der Waals surface area (Å²) in [6.45, 7) is 3.82. The van der Waals surface area contributed by atoms with Crippen molar-refractivity contribution >= 4 is 17.6 Å². The van der Waals surface area contributed by atoms with Crippen molar-refractivity contribution in [2.24, 2.45) is 10.7 Å². The normalized spacial score (nSPS) is 11.2. The molecule has 0 bridgehead atoms. The lowest BCUT2D eigenvalue weighted by Crippen LogP contribution is -2.36. The average Bonchev–Trinajstić information content (AvgIpc) is 2.41. The number of carbonyl (C=O) groups is 1. The second kappa shape index (κ2) is 6.02. The monoisotopic (exact) mass is 267 g/mol. The standard InChI is InChI=1S/C16H17N3O/c1-11-7-3-5-9-13(11)15(20)19-16(17)18-14-10-6-4-8-12(14)2/h3-10H,1-2H3,(H3,17,18,19,20). The highest BCUT2D eigenvalue weighted by molar-refractivity contribution is 6.06. The summed E-state index contributed by atoms with van der Waals surface area (Å²) in [4.78, 5) is 16.3. The summed E-state index contributed by atoms with van der Waals surface area (Å²) in [5.74, 6) is -0.162. The van der Waals surface area contributed by atoms with Crippen LogP contribution in [-0.2, 0) is 0 Å². The van der Waals surface area contributed by atoms with Crippen LogP contribution in [0.1, 0.15) is 21.5 Å². The number of benzene rings is 2. The summed E-state index contributed by atoms with van der Waals surface area (Å²) in [5.41, 5.74) is 9.02. The molecule has 0 aromatic heterocycles. The molecule has 4 heteroatoms. The Kier molecular flexibility index (Phi) is 4.15. The van der Waals surface area contributed by atoms with E-state index in [9.17, 15) is 4.79 Å². The summed E-state index contributed by atoms with van der Waals surface area (Å²) in [6.07, 6.45) is 0. The molecule has 0 spiro atoms. The number of para-hydroxylation sites is 1. The van der Waals surface area contributed by atoms with E-state index in [2.05, 4.69) is 10.3 Å². The zero-order valence-corrected chi connectivity index (χ0v) is 11.6. The smallest absolute Gasteiger partial charge is 0.258 e. The van der Waals surface area contributed by atoms with Gasteiger partial charge >= 0.3 is 0 Å². The Morgan fingerprint density at radius 2 is 1.60 bits per heavy atom. The molecule has 0 saturated carbocycles. The second-order valence-corrected chi connectivity index (χ2v) is 4.55. The molecule has 0 heterocycles. The third-order valence-corrected chi connectivity index (χ3v) is 2.99. The molecule has 3 N–H and O–H groups in total. The van der Waals surface area contributed by atoms with Crippen LogP contribution in [0.15, 0.2) is 53.5 Å². The molecule has 0 radical (unpaired) electrons. The third kappa shape index (κ3) is 3.23. The third-order valence-electron chi connectivity index (χ3n) is 2.99. The van der Waals surface area contributed by atoms with Gasteiger partial charge in [-0.2, -0.15) is 0 Å². The fourth-order valence-electron chi connectivity index (χ4n) is 1.86. The number of nitrogens with zero attached hydrogens (tertiary/aromatic N) is 1. The Labute approximate surface area is 118 Å². The predicted octanol–water partition coefficient (Wildman–Crippen LogP) is 2.68. The van der Waals surface area contributed by atoms with Gasteiger partial charge in [-0.05, 0) is 37.1 Å². The molecule has 0 fully saturated rings. The number of aryl methyl sites for hydroxylation is 2. The maximum Gasteiger partial charge on any atom is 0.258 e. The maximum absolute atomic E-state index is 12.1. The van der Waals surface area contributed by atoms with E-state index in [-0.39, 0.29) is 11.9 Å². The number of carbonyl (C=O) groups excluding carboxylic acids is 1. The Morgan fingerprint density at radius 1 is 1.00 bits per heavy atom. The number of nitrogens with one attached hydrogen (secondary N) is 1. The van der Waals surface area contributed by atoms with Crippen LogP contribution in [0.3, 0.4) is 0 Å². The predicted molar refractivity (Wildman–Crippen MR) is 81.1 cm³/mol. The lowest BCUT2D eigenvalue weighted by atomic mass is 10.1. The van der Waals surface area contributed by atoms with Gasteiger partial charge in [0.25, 0.3) is 5.91 Å². The Balaban J connectivity index is 2.16. The van der Waals surface area contributed by atoms with E-state index >= 15 is 0 Å². The Hall–Kier alpha value is -2.62. The Bertz CT molecular complexity index is 662. The van der Waals surface area contributed by atoms with Gasteiger partial charge < -0.3 is 5.73 Å². The van der Waals surface area contributed by atoms with Gasteiger partial charge in [0, 0.05) is 5.56 Å². The van der Waals surface area contributed by atoms with Gasteiger partial charge in [-0.1, -0.05) is 36.4 Å². The summed E-state index contributed by atoms with van der Waals surface area (Å²) >= 11 is 0. The average molecular weight is 267 g/mol. The quantitative estimate of drug-likeness (QED) is 0.649. The van der Waals surface area contributed by atoms with Crippen molar-refractivity contribution in [1.29, 1.82) is 0 Å². The molecule has 2 rings (SSSR count). The number of aliphatic imine (C=N–C) groups is 1. The topological polar surface area (TPSA) is 67.5 Å². The number of rotatable bonds is 2. The van der Waals surface area contributed by atoms with Crippen LogP contribution in [0.2, 0.25) is 0 Å². The lowest BCUT2D eigenvalue weighted by Gasteiger charge is -2.07. The minimum Gasteiger partial charge on any atom is -0.369 e. The first-order chi connectivity index (χ1) is 9.58. The number of hydrogen-bond acceptors (Lipinski definition) is 2. The molecule has 0 atom stereocenters. The maximum atomic E-state index is 12.1. The van der Waals surface area contributed by atoms with Gasteiger partial charge in [-0.15, -0.1) is 0 Å². The highest BCUT2D eigenvalue weighted by Gasteiger charge is 2.09. The molecule has 2 aromatic carbocycles. The number of amides is 1. The van der Waals surface area contributed by atoms with Crippen LogP contribution >= 0.6 is 0 Å². The van der Waals surface area contributed by atoms with Crippen LogP contribution in [0.5, 0.6) is 0 Å². The molecular formula is C16H17N3O. The molecule has 2 aromatic rings. The zero-order chi connectivity index (χ0) is 14.5. The molecule has 0 aliphatic carbocycles. The molecule has 102 valence electrons. The van der Waals surface area contributed by atoms with Gasteiger partial charge in [0.05, 0.1) is 5.69 Å². The van der Waals surface area contributed by atoms with Gasteiger partial charge in [0.1, 0.15) is 0 Å². The molecule has 0 aliphatic rings. The lowest BCUT2D eigenvalue weighted by molar-refractivity contribution is 0.0976. The van der Waals surface area contributed by atoms with Crippen molar-refractivity contribution in [3.05, 3.63) is 65.2 Å². The first-order valence-electron chi connectivity index (χ1n) is 6.34. The van der Waals surface area contributed by atoms with Crippen LogP contribution in [0.4, 0.5) is 5.69 Å². The van der Waals surface area contributed by atoms with Crippen LogP contribution in [0.25, 0.3) is 0 Å². The first-order valence-corrected chi connectivity index (χ1v) is 6.34. The summed E-state index contributed by atoms with van der Waals surface area (Å²) in [7, 11) is 0. The van der Waals surface area contributed by atoms with Crippen molar-refractivity contribution in [3.63, 3.8) is 0 Å². The van der Waals surface area contributed by atoms with Crippen molar-refractivity contribution in [1.82, 2.24) is 5.32 Å². The minimum atomic E-state index is -0.252. The number of nitrogens with two attached hydrogens (primary N) is 1. The SMILES string of the molecule is Cc1ccccc1N=C(N)NC(=O)c1ccccc1C. The van der Waals surface area contributed by atoms with E-state index in [4.69, 9.17) is 5.73 Å². The number of guanidine groups is 1. The van der Waals surface area contributed by atoms with E-state index in [1.165, 1.54) is 0 Å². The van der Waals surface area contributed by atoms with Gasteiger partial charge in [0.15, 0.2) is 0 Å². The van der Waals surface area contributed by atoms with Crippen molar-refractivity contribution in [2.45, 2.75) is 13.8 Å². The molecular weight excluding hydrogens is 250 g/mol. The van der Waals surface area contributed by atoms with E-state index in [0.29, 0.717) is 5.56 Å². The van der Waals surface area contributed by atoms with Crippen molar-refractivity contribution in [3.8, 4) is 0 Å². The summed E-state index contributed by atoms with van der Waals surface area (Å²) in [6, 6.07) is 14.9. The van der Waals surface area contributed by atoms with Gasteiger partial charge in [0.2, 0.25) is 5.96 Å². The van der Waals surface area contributed by atoms with E-state index in [0.717, 1.165) is 16.8 Å². The summed E-state index contributed by atoms with van der Waals surface area (Å²) < 4.78 is 0. The molecule has 20 heavy (non-hydrogen) atoms. The number of hydrogen-bond donors (Lipinski definition) is 2. The molecule has 0 aliphatic heterocycles. The van der Waals surface area contributed by atoms with E-state index < -0.39 is 0 Å². The van der Waals surface area contributed by atoms with Crippen molar-refractivity contribution < 1.29 is 4.79 Å². The fraction of sp³-hybridized carbons (Fsp3) is 0.125. The molecule has 0 saturated heterocycles. The Morgan fingerprint density at radius 3 is 2.25 bits per heavy atom. The second-order valence-electron chi connectivity index (χ2n) is 4.55. The van der Waals surface area contributed by atoms with E-state index in [1.54, 1.807) is 6.07 Å². The zero-order valence-electron chi connectivity index (χ0n) is 11.6. The molecule has 0 unspecified atom stereocenters. The van der Waals surface area contributed by atoms with E-state index in [1.807, 2.05) is 56.3 Å². The van der Waals surface area contributed by atoms with Crippen LogP contribution in [0, 0.1) is 13.8 Å². The van der Waals surface area contributed by atoms with Crippen LogP contribution < -0.4 is 11.1 Å². The van der Waals surface area contributed by atoms with Crippen molar-refractivity contribution in [2.75, 3.05) is 0 Å². The highest BCUT2D eigenvalue weighted by atomic mass is 16.1. The van der Waals surface area contributed by atoms with Gasteiger partial charge in [-0.25, -0.2) is 4.99 Å². The van der Waals surface area contributed by atoms with Gasteiger partial charge in [-0.3, -0.25) is 10.1 Å². The largest absolute Gasteiger partial charge is 0.369 e. The van der Waals surface area contributed by atoms with Crippen LogP contribution in [-0.4, -0.2) is 11.9 Å². The fourth-order valence-corrected chi connectivity index (χ4v) is 1.86. The first kappa shape index (κ1) is 13.8. The highest BCUT2D eigenvalue weighted by Crippen LogP contribution is 2.16. The molecule has 4 nitrogen and oxygen atoms in total. The molecule has 1 amide bonds. The minimum absolute atomic E-state index is 0.0903.